The lowest BCUT2D eigenvalue weighted by atomic mass is 9.78. The summed E-state index contributed by atoms with van der Waals surface area (Å²) in [6, 6.07) is 13.9. The predicted octanol–water partition coefficient (Wildman–Crippen LogP) is 5.04. The molecule has 0 aliphatic heterocycles. The minimum Gasteiger partial charge on any atom is -0.481 e. The first-order valence-electron chi connectivity index (χ1n) is 10.7. The number of anilines is 1. The second-order valence-electron chi connectivity index (χ2n) is 8.62. The highest BCUT2D eigenvalue weighted by molar-refractivity contribution is 7.15. The number of methoxy groups -OCH3 is 1. The molecule has 5 rings (SSSR count). The molecule has 32 heavy (non-hydrogen) atoms. The van der Waals surface area contributed by atoms with Gasteiger partial charge in [-0.05, 0) is 53.5 Å². The van der Waals surface area contributed by atoms with Gasteiger partial charge in [0.25, 0.3) is 0 Å². The summed E-state index contributed by atoms with van der Waals surface area (Å²) < 4.78 is 5.02. The van der Waals surface area contributed by atoms with Crippen molar-refractivity contribution in [2.45, 2.75) is 19.3 Å². The van der Waals surface area contributed by atoms with Crippen LogP contribution in [-0.4, -0.2) is 30.1 Å². The Hall–Kier alpha value is -3.19. The molecule has 2 fully saturated rings. The lowest BCUT2D eigenvalue weighted by Gasteiger charge is -2.26. The maximum atomic E-state index is 13.2. The summed E-state index contributed by atoms with van der Waals surface area (Å²) in [4.78, 5) is 37.7. The molecule has 0 unspecified atom stereocenters. The Bertz CT molecular complexity index is 1230. The largest absolute Gasteiger partial charge is 0.481 e. The van der Waals surface area contributed by atoms with E-state index < -0.39 is 23.8 Å². The zero-order chi connectivity index (χ0) is 22.4. The number of aliphatic carboxylic acids is 1. The number of amides is 1. The van der Waals surface area contributed by atoms with Gasteiger partial charge in [0.15, 0.2) is 0 Å². The monoisotopic (exact) mass is 449 g/mol. The molecule has 2 bridgehead atoms. The number of rotatable bonds is 5. The fourth-order valence-electron chi connectivity index (χ4n) is 5.54. The summed E-state index contributed by atoms with van der Waals surface area (Å²) in [5.41, 5.74) is 1.84. The molecule has 1 heterocycles. The summed E-state index contributed by atoms with van der Waals surface area (Å²) in [6.45, 7) is 0. The van der Waals surface area contributed by atoms with Crippen LogP contribution in [0.3, 0.4) is 0 Å². The van der Waals surface area contributed by atoms with Crippen LogP contribution >= 0.6 is 11.3 Å². The SMILES string of the molecule is COC(=O)c1c(-c2ccc3ccccc3c2)csc1NC(=O)[C@H]1[C@H]2CC[C@@H](C2)[C@H]1C(=O)O. The van der Waals surface area contributed by atoms with Gasteiger partial charge in [0.2, 0.25) is 5.91 Å². The normalized spacial score (nSPS) is 23.9. The number of carboxylic acid groups (broad SMARTS) is 1. The smallest absolute Gasteiger partial charge is 0.341 e. The fourth-order valence-corrected chi connectivity index (χ4v) is 6.50. The Morgan fingerprint density at radius 2 is 1.75 bits per heavy atom. The van der Waals surface area contributed by atoms with E-state index in [-0.39, 0.29) is 17.7 Å². The average molecular weight is 450 g/mol. The first kappa shape index (κ1) is 20.7. The molecule has 2 N–H and O–H groups in total. The number of esters is 1. The number of ether oxygens (including phenoxy) is 1. The van der Waals surface area contributed by atoms with Crippen LogP contribution in [0, 0.1) is 23.7 Å². The Labute approximate surface area is 189 Å². The zero-order valence-corrected chi connectivity index (χ0v) is 18.4. The van der Waals surface area contributed by atoms with E-state index in [0.717, 1.165) is 35.6 Å². The molecule has 164 valence electrons. The summed E-state index contributed by atoms with van der Waals surface area (Å²) in [6.07, 6.45) is 2.53. The number of benzene rings is 2. The third kappa shape index (κ3) is 3.37. The molecular formula is C25H23NO5S. The Balaban J connectivity index is 1.49. The van der Waals surface area contributed by atoms with Crippen molar-refractivity contribution in [2.24, 2.45) is 23.7 Å². The van der Waals surface area contributed by atoms with Crippen LogP contribution in [0.4, 0.5) is 5.00 Å². The molecule has 0 radical (unpaired) electrons. The van der Waals surface area contributed by atoms with Crippen molar-refractivity contribution < 1.29 is 24.2 Å². The van der Waals surface area contributed by atoms with Gasteiger partial charge in [0.1, 0.15) is 10.6 Å². The Kier molecular flexibility index (Phi) is 5.21. The molecule has 1 amide bonds. The van der Waals surface area contributed by atoms with E-state index in [4.69, 9.17) is 4.74 Å². The molecule has 3 aromatic rings. The maximum Gasteiger partial charge on any atom is 0.341 e. The molecule has 2 aliphatic carbocycles. The molecule has 2 saturated carbocycles. The van der Waals surface area contributed by atoms with Crippen molar-refractivity contribution in [3.05, 3.63) is 53.4 Å². The van der Waals surface area contributed by atoms with Gasteiger partial charge in [-0.2, -0.15) is 0 Å². The van der Waals surface area contributed by atoms with E-state index >= 15 is 0 Å². The molecule has 0 spiro atoms. The van der Waals surface area contributed by atoms with E-state index in [9.17, 15) is 19.5 Å². The van der Waals surface area contributed by atoms with Crippen LogP contribution < -0.4 is 5.32 Å². The van der Waals surface area contributed by atoms with Gasteiger partial charge in [0.05, 0.1) is 18.9 Å². The summed E-state index contributed by atoms with van der Waals surface area (Å²) >= 11 is 1.26. The second-order valence-corrected chi connectivity index (χ2v) is 9.50. The van der Waals surface area contributed by atoms with Crippen LogP contribution in [0.5, 0.6) is 0 Å². The topological polar surface area (TPSA) is 92.7 Å². The van der Waals surface area contributed by atoms with Crippen molar-refractivity contribution in [3.63, 3.8) is 0 Å². The highest BCUT2D eigenvalue weighted by Gasteiger charge is 2.54. The summed E-state index contributed by atoms with van der Waals surface area (Å²) in [5, 5.41) is 16.9. The van der Waals surface area contributed by atoms with Crippen molar-refractivity contribution in [1.82, 2.24) is 0 Å². The number of carbonyl (C=O) groups excluding carboxylic acids is 2. The average Bonchev–Trinajstić information content (AvgIpc) is 3.52. The molecular weight excluding hydrogens is 426 g/mol. The number of carbonyl (C=O) groups is 3. The molecule has 2 aliphatic rings. The quantitative estimate of drug-likeness (QED) is 0.533. The predicted molar refractivity (Wildman–Crippen MR) is 123 cm³/mol. The highest BCUT2D eigenvalue weighted by atomic mass is 32.1. The van der Waals surface area contributed by atoms with Gasteiger partial charge in [-0.1, -0.05) is 36.4 Å². The number of hydrogen-bond acceptors (Lipinski definition) is 5. The van der Waals surface area contributed by atoms with Crippen molar-refractivity contribution in [2.75, 3.05) is 12.4 Å². The van der Waals surface area contributed by atoms with E-state index in [1.54, 1.807) is 0 Å². The zero-order valence-electron chi connectivity index (χ0n) is 17.5. The van der Waals surface area contributed by atoms with Gasteiger partial charge >= 0.3 is 11.9 Å². The minimum absolute atomic E-state index is 0.0600. The number of nitrogens with one attached hydrogen (secondary N) is 1. The van der Waals surface area contributed by atoms with Gasteiger partial charge in [-0.3, -0.25) is 9.59 Å². The van der Waals surface area contributed by atoms with E-state index in [1.807, 2.05) is 47.8 Å². The minimum atomic E-state index is -0.909. The number of thiophene rings is 1. The lowest BCUT2D eigenvalue weighted by Crippen LogP contribution is -2.37. The van der Waals surface area contributed by atoms with Gasteiger partial charge in [-0.15, -0.1) is 11.3 Å². The van der Waals surface area contributed by atoms with Gasteiger partial charge in [0, 0.05) is 10.9 Å². The highest BCUT2D eigenvalue weighted by Crippen LogP contribution is 2.53. The van der Waals surface area contributed by atoms with E-state index in [2.05, 4.69) is 5.32 Å². The first-order valence-corrected chi connectivity index (χ1v) is 11.6. The number of hydrogen-bond donors (Lipinski definition) is 2. The Morgan fingerprint density at radius 3 is 2.47 bits per heavy atom. The molecule has 0 saturated heterocycles. The van der Waals surface area contributed by atoms with Crippen LogP contribution in [0.2, 0.25) is 0 Å². The maximum absolute atomic E-state index is 13.2. The third-order valence-corrected chi connectivity index (χ3v) is 7.88. The molecule has 7 heteroatoms. The van der Waals surface area contributed by atoms with Crippen LogP contribution in [-0.2, 0) is 14.3 Å². The van der Waals surface area contributed by atoms with Gasteiger partial charge < -0.3 is 15.2 Å². The third-order valence-electron chi connectivity index (χ3n) is 6.98. The van der Waals surface area contributed by atoms with E-state index in [0.29, 0.717) is 16.1 Å². The van der Waals surface area contributed by atoms with Crippen LogP contribution in [0.25, 0.3) is 21.9 Å². The lowest BCUT2D eigenvalue weighted by molar-refractivity contribution is -0.148. The number of carboxylic acids is 1. The standard InChI is InChI=1S/C25H23NO5S/c1-31-25(30)21-18(15-7-6-13-4-2-3-5-14(13)10-15)12-32-23(21)26-22(27)19-16-8-9-17(11-16)20(19)24(28)29/h2-7,10,12,16-17,19-20H,8-9,11H2,1H3,(H,26,27)(H,28,29)/t16-,17-,19-,20+/m0/s1. The first-order chi connectivity index (χ1) is 15.5. The fraction of sp³-hybridized carbons (Fsp3) is 0.320. The van der Waals surface area contributed by atoms with Crippen LogP contribution in [0.15, 0.2) is 47.8 Å². The molecule has 1 aromatic heterocycles. The van der Waals surface area contributed by atoms with Crippen molar-refractivity contribution in [1.29, 1.82) is 0 Å². The molecule has 2 aromatic carbocycles. The Morgan fingerprint density at radius 1 is 1.03 bits per heavy atom. The summed E-state index contributed by atoms with van der Waals surface area (Å²) in [5.74, 6) is -2.84. The molecule has 6 nitrogen and oxygen atoms in total. The number of fused-ring (bicyclic) bond motifs is 3. The summed E-state index contributed by atoms with van der Waals surface area (Å²) in [7, 11) is 1.31. The molecule has 4 atom stereocenters. The van der Waals surface area contributed by atoms with Crippen molar-refractivity contribution in [3.8, 4) is 11.1 Å². The second kappa shape index (κ2) is 8.06. The van der Waals surface area contributed by atoms with Crippen molar-refractivity contribution >= 4 is 45.0 Å². The van der Waals surface area contributed by atoms with Crippen LogP contribution in [0.1, 0.15) is 29.6 Å². The van der Waals surface area contributed by atoms with Gasteiger partial charge in [-0.25, -0.2) is 4.79 Å². The van der Waals surface area contributed by atoms with E-state index in [1.165, 1.54) is 18.4 Å².